The van der Waals surface area contributed by atoms with Gasteiger partial charge < -0.3 is 9.47 Å². The Morgan fingerprint density at radius 1 is 0.698 bits per heavy atom. The molecule has 1 aliphatic rings. The first-order chi connectivity index (χ1) is 21.1. The fraction of sp³-hybridized carbons (Fsp3) is 0.317. The normalized spacial score (nSPS) is 14.2. The smallest absolute Gasteiger partial charge is 0.0566 e. The summed E-state index contributed by atoms with van der Waals surface area (Å²) in [6.45, 7) is 12.1. The molecule has 1 fully saturated rings. The molecular formula is C41H44O2. The molecular weight excluding hydrogens is 524 g/mol. The molecule has 0 N–H and O–H groups in total. The summed E-state index contributed by atoms with van der Waals surface area (Å²) in [6.07, 6.45) is 6.72. The maximum absolute atomic E-state index is 5.99. The van der Waals surface area contributed by atoms with E-state index in [0.717, 1.165) is 52.1 Å². The largest absolute Gasteiger partial charge is 0.381 e. The van der Waals surface area contributed by atoms with Gasteiger partial charge in [0.05, 0.1) is 19.8 Å². The quantitative estimate of drug-likeness (QED) is 0.104. The monoisotopic (exact) mass is 568 g/mol. The molecule has 1 saturated heterocycles. The van der Waals surface area contributed by atoms with Crippen LogP contribution in [0.25, 0.3) is 49.4 Å². The van der Waals surface area contributed by atoms with Crippen LogP contribution in [0, 0.1) is 5.41 Å². The third-order valence-corrected chi connectivity index (χ3v) is 9.41. The number of unbranched alkanes of at least 4 members (excludes halogenated alkanes) is 2. The van der Waals surface area contributed by atoms with Crippen LogP contribution in [0.1, 0.15) is 57.1 Å². The zero-order chi connectivity index (χ0) is 29.6. The number of ether oxygens (including phenoxy) is 2. The van der Waals surface area contributed by atoms with Crippen molar-refractivity contribution in [2.75, 3.05) is 26.4 Å². The lowest BCUT2D eigenvalue weighted by Gasteiger charge is -2.40. The Morgan fingerprint density at radius 2 is 1.23 bits per heavy atom. The van der Waals surface area contributed by atoms with Gasteiger partial charge in [-0.25, -0.2) is 0 Å². The van der Waals surface area contributed by atoms with Gasteiger partial charge in [0.25, 0.3) is 0 Å². The molecule has 2 heteroatoms. The Kier molecular flexibility index (Phi) is 9.07. The average molecular weight is 569 g/mol. The molecule has 0 unspecified atom stereocenters. The van der Waals surface area contributed by atoms with Gasteiger partial charge in [-0.1, -0.05) is 124 Å². The van der Waals surface area contributed by atoms with Gasteiger partial charge in [-0.2, -0.15) is 0 Å². The standard InChI is InChI=1S/C41H44O2/c1-4-30(3)32-22-24-34(25-23-32)40-37-16-10-8-14-35(37)39(36-15-9-11-17-38(36)40)33-20-18-31(19-21-33)13-7-6-12-26-42-27-41(5-2)28-43-29-41/h8-11,14-25H,3-7,12-13,26-29H2,1-2H3. The van der Waals surface area contributed by atoms with Gasteiger partial charge in [0.1, 0.15) is 0 Å². The topological polar surface area (TPSA) is 18.5 Å². The summed E-state index contributed by atoms with van der Waals surface area (Å²) in [6, 6.07) is 36.0. The van der Waals surface area contributed by atoms with Crippen molar-refractivity contribution in [3.05, 3.63) is 115 Å². The molecule has 0 amide bonds. The number of fused-ring (bicyclic) bond motifs is 2. The third-order valence-electron chi connectivity index (χ3n) is 9.41. The van der Waals surface area contributed by atoms with Crippen molar-refractivity contribution in [2.24, 2.45) is 5.41 Å². The van der Waals surface area contributed by atoms with Crippen LogP contribution in [0.15, 0.2) is 104 Å². The molecule has 43 heavy (non-hydrogen) atoms. The van der Waals surface area contributed by atoms with Crippen molar-refractivity contribution in [1.29, 1.82) is 0 Å². The molecule has 0 atom stereocenters. The zero-order valence-corrected chi connectivity index (χ0v) is 25.8. The van der Waals surface area contributed by atoms with E-state index in [9.17, 15) is 0 Å². The van der Waals surface area contributed by atoms with E-state index in [2.05, 4.69) is 117 Å². The lowest BCUT2D eigenvalue weighted by Crippen LogP contribution is -2.45. The lowest BCUT2D eigenvalue weighted by atomic mass is 9.84. The van der Waals surface area contributed by atoms with E-state index in [-0.39, 0.29) is 5.41 Å². The summed E-state index contributed by atoms with van der Waals surface area (Å²) < 4.78 is 11.4. The van der Waals surface area contributed by atoms with Crippen LogP contribution in [0.5, 0.6) is 0 Å². The third kappa shape index (κ3) is 6.18. The molecule has 0 aliphatic carbocycles. The molecule has 5 aromatic rings. The van der Waals surface area contributed by atoms with Crippen molar-refractivity contribution in [3.8, 4) is 22.3 Å². The van der Waals surface area contributed by atoms with Crippen molar-refractivity contribution in [1.82, 2.24) is 0 Å². The van der Waals surface area contributed by atoms with Crippen LogP contribution in [0.2, 0.25) is 0 Å². The van der Waals surface area contributed by atoms with E-state index in [0.29, 0.717) is 0 Å². The number of hydrogen-bond acceptors (Lipinski definition) is 2. The number of hydrogen-bond donors (Lipinski definition) is 0. The lowest BCUT2D eigenvalue weighted by molar-refractivity contribution is -0.150. The van der Waals surface area contributed by atoms with Gasteiger partial charge in [0.15, 0.2) is 0 Å². The van der Waals surface area contributed by atoms with Gasteiger partial charge in [-0.05, 0) is 92.6 Å². The second-order valence-electron chi connectivity index (χ2n) is 12.3. The van der Waals surface area contributed by atoms with Gasteiger partial charge >= 0.3 is 0 Å². The SMILES string of the molecule is C=C(CC)c1ccc(-c2c3ccccc3c(-c3ccc(CCCCCOCC4(CC)COC4)cc3)c3ccccc23)cc1. The van der Waals surface area contributed by atoms with Crippen LogP contribution in [-0.4, -0.2) is 26.4 Å². The van der Waals surface area contributed by atoms with E-state index >= 15 is 0 Å². The summed E-state index contributed by atoms with van der Waals surface area (Å²) in [4.78, 5) is 0. The predicted octanol–water partition coefficient (Wildman–Crippen LogP) is 10.9. The van der Waals surface area contributed by atoms with E-state index in [1.165, 1.54) is 73.3 Å². The summed E-state index contributed by atoms with van der Waals surface area (Å²) in [5.74, 6) is 0. The van der Waals surface area contributed by atoms with Crippen LogP contribution >= 0.6 is 0 Å². The minimum atomic E-state index is 0.286. The highest BCUT2D eigenvalue weighted by Gasteiger charge is 2.36. The minimum absolute atomic E-state index is 0.286. The Balaban J connectivity index is 1.21. The van der Waals surface area contributed by atoms with Crippen LogP contribution in [-0.2, 0) is 15.9 Å². The van der Waals surface area contributed by atoms with E-state index in [1.807, 2.05) is 0 Å². The number of allylic oxidation sites excluding steroid dienone is 1. The van der Waals surface area contributed by atoms with Crippen LogP contribution < -0.4 is 0 Å². The predicted molar refractivity (Wildman–Crippen MR) is 184 cm³/mol. The van der Waals surface area contributed by atoms with E-state index in [1.54, 1.807) is 0 Å². The summed E-state index contributed by atoms with van der Waals surface area (Å²) in [5.41, 5.74) is 9.22. The molecule has 0 saturated carbocycles. The first-order valence-corrected chi connectivity index (χ1v) is 16.1. The molecule has 5 aromatic carbocycles. The van der Waals surface area contributed by atoms with Crippen molar-refractivity contribution >= 4 is 27.1 Å². The zero-order valence-electron chi connectivity index (χ0n) is 25.8. The molecule has 2 nitrogen and oxygen atoms in total. The summed E-state index contributed by atoms with van der Waals surface area (Å²) >= 11 is 0. The fourth-order valence-electron chi connectivity index (χ4n) is 6.44. The highest BCUT2D eigenvalue weighted by Crippen LogP contribution is 2.43. The van der Waals surface area contributed by atoms with Crippen molar-refractivity contribution in [2.45, 2.75) is 52.4 Å². The van der Waals surface area contributed by atoms with Gasteiger partial charge in [-0.3, -0.25) is 0 Å². The highest BCUT2D eigenvalue weighted by atomic mass is 16.5. The molecule has 0 radical (unpaired) electrons. The Labute approximate surface area is 257 Å². The maximum atomic E-state index is 5.99. The second kappa shape index (κ2) is 13.3. The van der Waals surface area contributed by atoms with Gasteiger partial charge in [0.2, 0.25) is 0 Å². The molecule has 0 spiro atoms. The second-order valence-corrected chi connectivity index (χ2v) is 12.3. The van der Waals surface area contributed by atoms with Crippen LogP contribution in [0.3, 0.4) is 0 Å². The average Bonchev–Trinajstić information content (AvgIpc) is 3.04. The molecule has 0 bridgehead atoms. The fourth-order valence-corrected chi connectivity index (χ4v) is 6.44. The van der Waals surface area contributed by atoms with E-state index in [4.69, 9.17) is 9.47 Å². The number of rotatable bonds is 13. The molecule has 0 aromatic heterocycles. The number of benzene rings is 5. The van der Waals surface area contributed by atoms with Gasteiger partial charge in [0, 0.05) is 12.0 Å². The Morgan fingerprint density at radius 3 is 1.70 bits per heavy atom. The van der Waals surface area contributed by atoms with E-state index < -0.39 is 0 Å². The molecule has 1 aliphatic heterocycles. The van der Waals surface area contributed by atoms with Crippen molar-refractivity contribution in [3.63, 3.8) is 0 Å². The van der Waals surface area contributed by atoms with Crippen molar-refractivity contribution < 1.29 is 9.47 Å². The molecule has 1 heterocycles. The van der Waals surface area contributed by atoms with Crippen LogP contribution in [0.4, 0.5) is 0 Å². The molecule has 220 valence electrons. The first-order valence-electron chi connectivity index (χ1n) is 16.1. The number of aryl methyl sites for hydroxylation is 1. The Hall–Kier alpha value is -3.72. The van der Waals surface area contributed by atoms with Gasteiger partial charge in [-0.15, -0.1) is 0 Å². The Bertz CT molecular complexity index is 1630. The minimum Gasteiger partial charge on any atom is -0.381 e. The molecule has 6 rings (SSSR count). The summed E-state index contributed by atoms with van der Waals surface area (Å²) in [7, 11) is 0. The highest BCUT2D eigenvalue weighted by molar-refractivity contribution is 6.21. The maximum Gasteiger partial charge on any atom is 0.0566 e. The summed E-state index contributed by atoms with van der Waals surface area (Å²) in [5, 5.41) is 5.17. The first kappa shape index (κ1) is 29.4.